The predicted octanol–water partition coefficient (Wildman–Crippen LogP) is -1.81. The van der Waals surface area contributed by atoms with Crippen molar-refractivity contribution in [3.05, 3.63) is 0 Å². The fourth-order valence-electron chi connectivity index (χ4n) is 3.01. The molecule has 2 rings (SSSR count). The summed E-state index contributed by atoms with van der Waals surface area (Å²) in [5.74, 6) is -3.82. The van der Waals surface area contributed by atoms with Crippen LogP contribution < -0.4 is 4.72 Å². The molecule has 2 N–H and O–H groups in total. The molecular formula is C13H23NO13S3-2. The van der Waals surface area contributed by atoms with Crippen LogP contribution in [0.15, 0.2) is 0 Å². The Labute approximate surface area is 178 Å². The highest BCUT2D eigenvalue weighted by Crippen LogP contribution is 2.45. The van der Waals surface area contributed by atoms with E-state index in [1.165, 1.54) is 13.8 Å². The van der Waals surface area contributed by atoms with Crippen LogP contribution in [0.1, 0.15) is 33.6 Å². The average Bonchev–Trinajstić information content (AvgIpc) is 2.88. The largest absolute Gasteiger partial charge is 0.750 e. The first-order valence-corrected chi connectivity index (χ1v) is 12.1. The molecule has 0 saturated carbocycles. The molecule has 2 saturated heterocycles. The number of hydrogen-bond donors (Lipinski definition) is 2. The maximum Gasteiger partial charge on any atom is 0.338 e. The summed E-state index contributed by atoms with van der Waals surface area (Å²) in [6.07, 6.45) is -5.85. The summed E-state index contributed by atoms with van der Waals surface area (Å²) < 4.78 is 101. The molecule has 178 valence electrons. The number of fused-ring (bicyclic) bond motifs is 1. The van der Waals surface area contributed by atoms with Gasteiger partial charge < -0.3 is 28.4 Å². The van der Waals surface area contributed by atoms with Crippen molar-refractivity contribution < 1.29 is 57.8 Å². The minimum atomic E-state index is -4.46. The quantitative estimate of drug-likeness (QED) is 0.184. The molecule has 0 aromatic carbocycles. The van der Waals surface area contributed by atoms with Crippen LogP contribution in [0.25, 0.3) is 0 Å². The van der Waals surface area contributed by atoms with Crippen LogP contribution in [-0.2, 0) is 59.8 Å². The monoisotopic (exact) mass is 497 g/mol. The predicted molar refractivity (Wildman–Crippen MR) is 95.2 cm³/mol. The van der Waals surface area contributed by atoms with Crippen molar-refractivity contribution in [1.29, 1.82) is 0 Å². The van der Waals surface area contributed by atoms with Crippen LogP contribution in [-0.4, -0.2) is 80.4 Å². The summed E-state index contributed by atoms with van der Waals surface area (Å²) >= 11 is -6.23. The molecule has 3 unspecified atom stereocenters. The minimum Gasteiger partial charge on any atom is -0.750 e. The van der Waals surface area contributed by atoms with E-state index >= 15 is 0 Å². The molecule has 2 aliphatic heterocycles. The first-order chi connectivity index (χ1) is 13.8. The van der Waals surface area contributed by atoms with Gasteiger partial charge in [-0.3, -0.25) is 12.5 Å². The number of nitrogens with one attached hydrogen (secondary N) is 1. The molecule has 2 aliphatic rings. The van der Waals surface area contributed by atoms with E-state index in [1.807, 2.05) is 11.6 Å². The lowest BCUT2D eigenvalue weighted by atomic mass is 9.96. The third-order valence-electron chi connectivity index (χ3n) is 4.12. The topological polar surface area (TPSA) is 202 Å². The first-order valence-electron chi connectivity index (χ1n) is 8.71. The number of ether oxygens (including phenoxy) is 3. The maximum absolute atomic E-state index is 12.1. The lowest BCUT2D eigenvalue weighted by Crippen LogP contribution is -2.68. The van der Waals surface area contributed by atoms with E-state index in [2.05, 4.69) is 4.18 Å². The molecule has 30 heavy (non-hydrogen) atoms. The van der Waals surface area contributed by atoms with Gasteiger partial charge in [0.25, 0.3) is 0 Å². The molecule has 0 aliphatic carbocycles. The Morgan fingerprint density at radius 3 is 2.47 bits per heavy atom. The van der Waals surface area contributed by atoms with Gasteiger partial charge in [0.05, 0.1) is 35.9 Å². The molecular weight excluding hydrogens is 474 g/mol. The highest BCUT2D eigenvalue weighted by Gasteiger charge is 2.66. The minimum absolute atomic E-state index is 0.148. The van der Waals surface area contributed by atoms with Crippen LogP contribution in [0, 0.1) is 0 Å². The van der Waals surface area contributed by atoms with E-state index < -0.39 is 75.7 Å². The molecule has 2 fully saturated rings. The van der Waals surface area contributed by atoms with Gasteiger partial charge in [-0.1, -0.05) is 13.3 Å². The maximum atomic E-state index is 12.1. The van der Waals surface area contributed by atoms with Crippen LogP contribution in [0.4, 0.5) is 0 Å². The summed E-state index contributed by atoms with van der Waals surface area (Å²) in [6.45, 7) is 3.77. The van der Waals surface area contributed by atoms with E-state index in [4.69, 9.17) is 22.6 Å². The van der Waals surface area contributed by atoms with Crippen LogP contribution in [0.3, 0.4) is 0 Å². The van der Waals surface area contributed by atoms with Crippen molar-refractivity contribution >= 4 is 33.0 Å². The molecule has 0 spiro atoms. The molecule has 0 aromatic heterocycles. The van der Waals surface area contributed by atoms with Crippen molar-refractivity contribution in [1.82, 2.24) is 4.72 Å². The van der Waals surface area contributed by atoms with Gasteiger partial charge in [-0.05, 0) is 20.3 Å². The molecule has 0 amide bonds. The van der Waals surface area contributed by atoms with E-state index in [9.17, 15) is 31.0 Å². The van der Waals surface area contributed by atoms with Gasteiger partial charge >= 0.3 is 10.3 Å². The van der Waals surface area contributed by atoms with Crippen molar-refractivity contribution in [2.45, 2.75) is 69.7 Å². The smallest absolute Gasteiger partial charge is 0.338 e. The highest BCUT2D eigenvalue weighted by molar-refractivity contribution is 7.84. The molecule has 14 nitrogen and oxygen atoms in total. The van der Waals surface area contributed by atoms with Crippen LogP contribution in [0.5, 0.6) is 0 Å². The number of unbranched alkanes of at least 4 members (excludes halogenated alkanes) is 1. The number of aliphatic hydroxyl groups excluding tert-OH is 1. The third kappa shape index (κ3) is 6.44. The first kappa shape index (κ1) is 26.1. The van der Waals surface area contributed by atoms with Gasteiger partial charge in [0.15, 0.2) is 12.0 Å². The van der Waals surface area contributed by atoms with E-state index in [0.717, 1.165) is 0 Å². The number of aliphatic hydroxyl groups is 1. The second-order valence-electron chi connectivity index (χ2n) is 6.83. The fourth-order valence-corrected chi connectivity index (χ4v) is 4.62. The Kier molecular flexibility index (Phi) is 8.87. The van der Waals surface area contributed by atoms with E-state index in [1.54, 1.807) is 0 Å². The lowest BCUT2D eigenvalue weighted by molar-refractivity contribution is -0.324. The Bertz CT molecular complexity index is 747. The van der Waals surface area contributed by atoms with Gasteiger partial charge in [0, 0.05) is 0 Å². The summed E-state index contributed by atoms with van der Waals surface area (Å²) in [7, 11) is -4.46. The Morgan fingerprint density at radius 2 is 1.90 bits per heavy atom. The van der Waals surface area contributed by atoms with Crippen LogP contribution in [0.2, 0.25) is 0 Å². The zero-order chi connectivity index (χ0) is 22.7. The standard InChI is InChI=1S/C13H25NO13S3/c1-4-5-6-23-30(20,21)14-11(15)13-10(24-12(2,3)27-13)9(26-29(18)19)8(7-22-13)25-28(16)17/h8-11,14-15H,4-7H2,1-3H3,(H,16,17)(H,18,19)/p-2/t8-,9-,10+,11?,13-/m1/s1. The zero-order valence-corrected chi connectivity index (χ0v) is 18.7. The van der Waals surface area contributed by atoms with Crippen LogP contribution >= 0.6 is 0 Å². The Hall–Kier alpha value is -0.150. The summed E-state index contributed by atoms with van der Waals surface area (Å²) in [5, 5.41) is 10.6. The Morgan fingerprint density at radius 1 is 1.27 bits per heavy atom. The van der Waals surface area contributed by atoms with Gasteiger partial charge in [-0.15, -0.1) is 0 Å². The fraction of sp³-hybridized carbons (Fsp3) is 1.00. The van der Waals surface area contributed by atoms with Gasteiger partial charge in [0.1, 0.15) is 18.3 Å². The lowest BCUT2D eigenvalue weighted by Gasteiger charge is -2.45. The highest BCUT2D eigenvalue weighted by atomic mass is 32.2. The molecule has 0 aromatic rings. The Balaban J connectivity index is 2.32. The summed E-state index contributed by atoms with van der Waals surface area (Å²) in [4.78, 5) is 0. The molecule has 17 heteroatoms. The number of hydrogen-bond acceptors (Lipinski definition) is 13. The third-order valence-corrected chi connectivity index (χ3v) is 5.89. The molecule has 0 bridgehead atoms. The molecule has 0 radical (unpaired) electrons. The van der Waals surface area contributed by atoms with E-state index in [-0.39, 0.29) is 6.61 Å². The summed E-state index contributed by atoms with van der Waals surface area (Å²) in [6, 6.07) is 0. The molecule has 7 atom stereocenters. The molecule has 2 heterocycles. The number of rotatable bonds is 11. The SMILES string of the molecule is CCCCOS(=O)(=O)NC(O)[C@@]12OC[C@@H](OS(=O)[O-])[C@@H](OS(=O)[O-])[C@@H]1OC(C)(C)O2. The van der Waals surface area contributed by atoms with Crippen molar-refractivity contribution in [2.75, 3.05) is 13.2 Å². The average molecular weight is 498 g/mol. The van der Waals surface area contributed by atoms with Gasteiger partial charge in [-0.2, -0.15) is 13.1 Å². The zero-order valence-electron chi connectivity index (χ0n) is 16.2. The van der Waals surface area contributed by atoms with E-state index in [0.29, 0.717) is 12.8 Å². The van der Waals surface area contributed by atoms with Crippen molar-refractivity contribution in [3.63, 3.8) is 0 Å². The van der Waals surface area contributed by atoms with Gasteiger partial charge in [-0.25, -0.2) is 8.42 Å². The van der Waals surface area contributed by atoms with Gasteiger partial charge in [0.2, 0.25) is 5.79 Å². The van der Waals surface area contributed by atoms with Crippen molar-refractivity contribution in [3.8, 4) is 0 Å². The second kappa shape index (κ2) is 10.2. The normalized spacial score (nSPS) is 34.3. The van der Waals surface area contributed by atoms with Crippen molar-refractivity contribution in [2.24, 2.45) is 0 Å². The second-order valence-corrected chi connectivity index (χ2v) is 9.41. The summed E-state index contributed by atoms with van der Waals surface area (Å²) in [5.41, 5.74) is 0.